The summed E-state index contributed by atoms with van der Waals surface area (Å²) in [5.41, 5.74) is 1.13. The van der Waals surface area contributed by atoms with Crippen LogP contribution in [-0.4, -0.2) is 42.0 Å². The molecule has 0 spiro atoms. The molecule has 0 saturated carbocycles. The van der Waals surface area contributed by atoms with E-state index in [-0.39, 0.29) is 12.3 Å². The molecule has 1 unspecified atom stereocenters. The van der Waals surface area contributed by atoms with Crippen molar-refractivity contribution in [2.45, 2.75) is 53.0 Å². The van der Waals surface area contributed by atoms with Crippen molar-refractivity contribution in [3.8, 4) is 0 Å². The predicted molar refractivity (Wildman–Crippen MR) is 89.8 cm³/mol. The molecule has 6 heteroatoms. The van der Waals surface area contributed by atoms with Crippen molar-refractivity contribution in [3.05, 3.63) is 24.3 Å². The maximum atomic E-state index is 11.4. The van der Waals surface area contributed by atoms with E-state index in [1.54, 1.807) is 0 Å². The zero-order valence-corrected chi connectivity index (χ0v) is 14.6. The minimum Gasteiger partial charge on any atom is -0.448 e. The van der Waals surface area contributed by atoms with Crippen LogP contribution in [0.4, 0.5) is 4.79 Å². The number of carbonyl (C=O) groups excluding carboxylic acids is 3. The predicted octanol–water partition coefficient (Wildman–Crippen LogP) is 2.80. The summed E-state index contributed by atoms with van der Waals surface area (Å²) in [5.74, 6) is -0.682. The number of hydrogen-bond donors (Lipinski definition) is 1. The molecule has 2 aliphatic heterocycles. The molecule has 2 saturated heterocycles. The Morgan fingerprint density at radius 3 is 2.43 bits per heavy atom. The lowest BCUT2D eigenvalue weighted by atomic mass is 10.1. The monoisotopic (exact) mass is 324 g/mol. The molecule has 1 N–H and O–H groups in total. The first kappa shape index (κ1) is 20.9. The quantitative estimate of drug-likeness (QED) is 0.640. The number of hydrogen-bond acceptors (Lipinski definition) is 4. The van der Waals surface area contributed by atoms with E-state index in [0.29, 0.717) is 19.6 Å². The van der Waals surface area contributed by atoms with Gasteiger partial charge in [-0.2, -0.15) is 0 Å². The lowest BCUT2D eigenvalue weighted by Gasteiger charge is -2.27. The second kappa shape index (κ2) is 11.5. The lowest BCUT2D eigenvalue weighted by molar-refractivity contribution is -0.136. The largest absolute Gasteiger partial charge is 0.448 e. The van der Waals surface area contributed by atoms with E-state index < -0.39 is 18.0 Å². The molecule has 23 heavy (non-hydrogen) atoms. The van der Waals surface area contributed by atoms with Crippen molar-refractivity contribution < 1.29 is 19.1 Å². The van der Waals surface area contributed by atoms with Gasteiger partial charge in [0.05, 0.1) is 6.54 Å². The summed E-state index contributed by atoms with van der Waals surface area (Å²) in [5, 5.41) is 2.20. The number of carbonyl (C=O) groups is 3. The van der Waals surface area contributed by atoms with Gasteiger partial charge in [0.15, 0.2) is 0 Å². The van der Waals surface area contributed by atoms with Crippen LogP contribution in [0.15, 0.2) is 24.3 Å². The first-order chi connectivity index (χ1) is 11.0. The highest BCUT2D eigenvalue weighted by atomic mass is 16.6. The average Bonchev–Trinajstić information content (AvgIpc) is 2.94. The number of imide groups is 1. The van der Waals surface area contributed by atoms with E-state index in [1.165, 1.54) is 4.90 Å². The smallest absolute Gasteiger partial charge is 0.410 e. The van der Waals surface area contributed by atoms with Gasteiger partial charge in [-0.15, -0.1) is 0 Å². The van der Waals surface area contributed by atoms with Gasteiger partial charge in [0, 0.05) is 6.42 Å². The Bertz CT molecular complexity index is 458. The molecule has 0 bridgehead atoms. The fourth-order valence-corrected chi connectivity index (χ4v) is 1.99. The minimum atomic E-state index is -0.539. The Labute approximate surface area is 138 Å². The van der Waals surface area contributed by atoms with Crippen molar-refractivity contribution in [1.82, 2.24) is 10.2 Å². The topological polar surface area (TPSA) is 75.7 Å². The second-order valence-electron chi connectivity index (χ2n) is 4.93. The third-order valence-electron chi connectivity index (χ3n) is 3.02. The van der Waals surface area contributed by atoms with Gasteiger partial charge >= 0.3 is 6.09 Å². The number of nitrogens with zero attached hydrogens (tertiary/aromatic N) is 1. The molecule has 2 rings (SSSR count). The molecule has 2 aliphatic rings. The molecule has 0 aromatic rings. The van der Waals surface area contributed by atoms with Crippen molar-refractivity contribution in [2.75, 3.05) is 13.2 Å². The van der Waals surface area contributed by atoms with Crippen LogP contribution in [0.25, 0.3) is 0 Å². The van der Waals surface area contributed by atoms with Gasteiger partial charge in [-0.1, -0.05) is 45.1 Å². The van der Waals surface area contributed by atoms with Crippen LogP contribution in [0.2, 0.25) is 0 Å². The summed E-state index contributed by atoms with van der Waals surface area (Å²) >= 11 is 0. The highest BCUT2D eigenvalue weighted by Crippen LogP contribution is 2.16. The van der Waals surface area contributed by atoms with E-state index in [1.807, 2.05) is 26.8 Å². The van der Waals surface area contributed by atoms with Gasteiger partial charge in [0.2, 0.25) is 11.8 Å². The van der Waals surface area contributed by atoms with Gasteiger partial charge in [0.1, 0.15) is 12.6 Å². The van der Waals surface area contributed by atoms with Crippen LogP contribution < -0.4 is 5.32 Å². The van der Waals surface area contributed by atoms with Gasteiger partial charge in [-0.05, 0) is 19.8 Å². The molecular weight excluding hydrogens is 296 g/mol. The van der Waals surface area contributed by atoms with E-state index >= 15 is 0 Å². The standard InChI is InChI=1S/C8H10N2O4.C7H12.C2H6/c11-6-2-1-5(7(12)9-6)10-3-4-14-8(10)13;1-4-5-6-7(2)3;1-2/h5H,1-4H2,(H,9,11,12);5-6H,2,4H2,1,3H3;1-2H3/b;6-5-;. The number of allylic oxidation sites excluding steroid dienone is 3. The first-order valence-electron chi connectivity index (χ1n) is 8.04. The van der Waals surface area contributed by atoms with Crippen molar-refractivity contribution >= 4 is 17.9 Å². The van der Waals surface area contributed by atoms with Crippen LogP contribution in [0, 0.1) is 0 Å². The number of amides is 3. The normalized spacial score (nSPS) is 20.1. The summed E-state index contributed by atoms with van der Waals surface area (Å²) in [6.45, 7) is 12.5. The van der Waals surface area contributed by atoms with Crippen molar-refractivity contribution in [2.24, 2.45) is 0 Å². The third kappa shape index (κ3) is 7.63. The van der Waals surface area contributed by atoms with Gasteiger partial charge in [-0.25, -0.2) is 4.79 Å². The van der Waals surface area contributed by atoms with E-state index in [9.17, 15) is 14.4 Å². The fraction of sp³-hybridized carbons (Fsp3) is 0.588. The van der Waals surface area contributed by atoms with Crippen LogP contribution in [-0.2, 0) is 14.3 Å². The molecule has 2 fully saturated rings. The number of rotatable bonds is 3. The van der Waals surface area contributed by atoms with E-state index in [0.717, 1.165) is 12.0 Å². The van der Waals surface area contributed by atoms with Crippen molar-refractivity contribution in [3.63, 3.8) is 0 Å². The number of nitrogens with one attached hydrogen (secondary N) is 1. The SMILES string of the molecule is C=C(C)/C=C\CC.CC.O=C1CCC(N2CCOC2=O)C(=O)N1. The molecule has 3 amide bonds. The molecular formula is C17H28N2O4. The molecule has 1 atom stereocenters. The summed E-state index contributed by atoms with van der Waals surface area (Å²) in [7, 11) is 0. The molecule has 0 radical (unpaired) electrons. The van der Waals surface area contributed by atoms with Crippen LogP contribution >= 0.6 is 0 Å². The Hall–Kier alpha value is -2.11. The minimum absolute atomic E-state index is 0.278. The van der Waals surface area contributed by atoms with Crippen LogP contribution in [0.5, 0.6) is 0 Å². The highest BCUT2D eigenvalue weighted by Gasteiger charge is 2.37. The second-order valence-corrected chi connectivity index (χ2v) is 4.93. The third-order valence-corrected chi connectivity index (χ3v) is 3.02. The number of ether oxygens (including phenoxy) is 1. The van der Waals surface area contributed by atoms with Crippen LogP contribution in [0.1, 0.15) is 47.0 Å². The summed E-state index contributed by atoms with van der Waals surface area (Å²) in [4.78, 5) is 34.7. The summed E-state index contributed by atoms with van der Waals surface area (Å²) in [6, 6.07) is -0.539. The Morgan fingerprint density at radius 2 is 2.04 bits per heavy atom. The van der Waals surface area contributed by atoms with Crippen LogP contribution in [0.3, 0.4) is 0 Å². The zero-order valence-electron chi connectivity index (χ0n) is 14.6. The maximum absolute atomic E-state index is 11.4. The average molecular weight is 324 g/mol. The van der Waals surface area contributed by atoms with E-state index in [4.69, 9.17) is 4.74 Å². The van der Waals surface area contributed by atoms with Crippen molar-refractivity contribution in [1.29, 1.82) is 0 Å². The van der Waals surface area contributed by atoms with Gasteiger partial charge in [0.25, 0.3) is 0 Å². The molecule has 0 aromatic carbocycles. The van der Waals surface area contributed by atoms with E-state index in [2.05, 4.69) is 24.9 Å². The lowest BCUT2D eigenvalue weighted by Crippen LogP contribution is -2.52. The Kier molecular flexibility index (Phi) is 10.4. The first-order valence-corrected chi connectivity index (χ1v) is 8.04. The molecule has 130 valence electrons. The molecule has 0 aliphatic carbocycles. The van der Waals surface area contributed by atoms with Gasteiger partial charge in [-0.3, -0.25) is 19.8 Å². The number of piperidine rings is 1. The molecule has 6 nitrogen and oxygen atoms in total. The molecule has 0 aromatic heterocycles. The Balaban J connectivity index is 0.000000460. The zero-order chi connectivity index (χ0) is 17.8. The fourth-order valence-electron chi connectivity index (χ4n) is 1.99. The summed E-state index contributed by atoms with van der Waals surface area (Å²) in [6.07, 6.45) is 5.43. The highest BCUT2D eigenvalue weighted by molar-refractivity contribution is 6.01. The summed E-state index contributed by atoms with van der Waals surface area (Å²) < 4.78 is 4.72. The Morgan fingerprint density at radius 1 is 1.39 bits per heavy atom. The maximum Gasteiger partial charge on any atom is 0.410 e. The number of cyclic esters (lactones) is 1. The molecule has 2 heterocycles. The van der Waals surface area contributed by atoms with Gasteiger partial charge < -0.3 is 4.74 Å².